The molecule has 0 heterocycles. The number of ether oxygens (including phenoxy) is 3. The van der Waals surface area contributed by atoms with Gasteiger partial charge in [0.25, 0.3) is 0 Å². The van der Waals surface area contributed by atoms with Crippen LogP contribution in [0, 0.1) is 0 Å². The van der Waals surface area contributed by atoms with E-state index >= 15 is 0 Å². The van der Waals surface area contributed by atoms with Gasteiger partial charge in [0, 0.05) is 6.61 Å². The summed E-state index contributed by atoms with van der Waals surface area (Å²) in [6, 6.07) is 15.1. The molecule has 4 nitrogen and oxygen atoms in total. The zero-order valence-electron chi connectivity index (χ0n) is 30.0. The van der Waals surface area contributed by atoms with E-state index in [1.54, 1.807) is 6.07 Å². The van der Waals surface area contributed by atoms with Crippen LogP contribution in [0.5, 0.6) is 11.5 Å². The van der Waals surface area contributed by atoms with Gasteiger partial charge in [0.1, 0.15) is 0 Å². The summed E-state index contributed by atoms with van der Waals surface area (Å²) in [4.78, 5) is 12.9. The Kier molecular flexibility index (Phi) is 24.0. The van der Waals surface area contributed by atoms with Gasteiger partial charge in [0.05, 0.1) is 18.3 Å². The molecule has 46 heavy (non-hydrogen) atoms. The van der Waals surface area contributed by atoms with Crippen molar-refractivity contribution in [2.75, 3.05) is 13.2 Å². The smallest absolute Gasteiger partial charge is 0.343 e. The van der Waals surface area contributed by atoms with Gasteiger partial charge in [0.15, 0.2) is 11.5 Å². The minimum Gasteiger partial charge on any atom is -0.490 e. The molecule has 0 aliphatic heterocycles. The van der Waals surface area contributed by atoms with Crippen molar-refractivity contribution < 1.29 is 19.0 Å². The van der Waals surface area contributed by atoms with Crippen LogP contribution in [0.15, 0.2) is 48.5 Å². The third-order valence-corrected chi connectivity index (χ3v) is 9.04. The highest BCUT2D eigenvalue weighted by Gasteiger charge is 2.14. The third kappa shape index (κ3) is 19.4. The van der Waals surface area contributed by atoms with Gasteiger partial charge in [-0.25, -0.2) is 4.79 Å². The van der Waals surface area contributed by atoms with Crippen molar-refractivity contribution in [3.8, 4) is 11.5 Å². The lowest BCUT2D eigenvalue weighted by molar-refractivity contribution is 0.0625. The highest BCUT2D eigenvalue weighted by molar-refractivity contribution is 5.91. The fourth-order valence-electron chi connectivity index (χ4n) is 5.95. The molecule has 1 atom stereocenters. The summed E-state index contributed by atoms with van der Waals surface area (Å²) >= 11 is 0. The molecule has 0 fully saturated rings. The number of esters is 1. The zero-order valence-corrected chi connectivity index (χ0v) is 30.0. The van der Waals surface area contributed by atoms with Crippen LogP contribution >= 0.6 is 0 Å². The summed E-state index contributed by atoms with van der Waals surface area (Å²) in [5.74, 6) is 0.724. The number of hydrogen-bond acceptors (Lipinski definition) is 4. The van der Waals surface area contributed by atoms with E-state index in [0.717, 1.165) is 25.0 Å². The molecule has 4 heteroatoms. The van der Waals surface area contributed by atoms with E-state index < -0.39 is 0 Å². The average molecular weight is 637 g/mol. The summed E-state index contributed by atoms with van der Waals surface area (Å²) in [5, 5.41) is 0. The standard InChI is InChI=1S/C42H68O4/c1-4-6-8-10-12-14-16-17-18-20-22-24-28-36-45-40-29-25-26-30-41(40)46-42(43)39-33-31-38(32-34-39)37(3)44-35-27-23-21-19-15-13-11-9-7-5-2/h25-26,29-34,37H,4-24,27-28,35-36H2,1-3H3. The summed E-state index contributed by atoms with van der Waals surface area (Å²) in [7, 11) is 0. The van der Waals surface area contributed by atoms with Crippen molar-refractivity contribution >= 4 is 5.97 Å². The molecule has 0 saturated heterocycles. The van der Waals surface area contributed by atoms with Crippen LogP contribution in [0.25, 0.3) is 0 Å². The molecule has 2 rings (SSSR count). The molecule has 260 valence electrons. The number of rotatable bonds is 30. The average Bonchev–Trinajstić information content (AvgIpc) is 3.08. The Morgan fingerprint density at radius 2 is 0.935 bits per heavy atom. The molecular formula is C42H68O4. The first-order chi connectivity index (χ1) is 22.7. The molecule has 0 aromatic heterocycles. The van der Waals surface area contributed by atoms with Gasteiger partial charge >= 0.3 is 5.97 Å². The van der Waals surface area contributed by atoms with Crippen LogP contribution in [0.4, 0.5) is 0 Å². The van der Waals surface area contributed by atoms with Gasteiger partial charge in [-0.05, 0) is 49.6 Å². The molecule has 0 saturated carbocycles. The van der Waals surface area contributed by atoms with E-state index in [9.17, 15) is 4.79 Å². The van der Waals surface area contributed by atoms with Crippen LogP contribution in [0.3, 0.4) is 0 Å². The summed E-state index contributed by atoms with van der Waals surface area (Å²) in [5.41, 5.74) is 1.60. The van der Waals surface area contributed by atoms with Crippen molar-refractivity contribution in [1.82, 2.24) is 0 Å². The first-order valence-electron chi connectivity index (χ1n) is 19.3. The lowest BCUT2D eigenvalue weighted by Gasteiger charge is -2.14. The number of hydrogen-bond donors (Lipinski definition) is 0. The molecule has 0 amide bonds. The second-order valence-corrected chi connectivity index (χ2v) is 13.2. The molecular weight excluding hydrogens is 568 g/mol. The quantitative estimate of drug-likeness (QED) is 0.0486. The van der Waals surface area contributed by atoms with Gasteiger partial charge < -0.3 is 14.2 Å². The van der Waals surface area contributed by atoms with Crippen molar-refractivity contribution in [2.45, 2.75) is 175 Å². The van der Waals surface area contributed by atoms with Gasteiger partial charge in [-0.3, -0.25) is 0 Å². The Hall–Kier alpha value is -2.33. The van der Waals surface area contributed by atoms with Crippen molar-refractivity contribution in [3.63, 3.8) is 0 Å². The fraction of sp³-hybridized carbons (Fsp3) is 0.690. The molecule has 2 aromatic carbocycles. The molecule has 0 N–H and O–H groups in total. The molecule has 2 aromatic rings. The number of benzene rings is 2. The molecule has 0 aliphatic carbocycles. The normalized spacial score (nSPS) is 11.9. The van der Waals surface area contributed by atoms with Gasteiger partial charge in [-0.1, -0.05) is 173 Å². The topological polar surface area (TPSA) is 44.8 Å². The van der Waals surface area contributed by atoms with E-state index in [1.165, 1.54) is 135 Å². The maximum absolute atomic E-state index is 12.9. The SMILES string of the molecule is CCCCCCCCCCCCCCCOc1ccccc1OC(=O)c1ccc(C(C)OCCCCCCCCCCCC)cc1. The van der Waals surface area contributed by atoms with E-state index in [0.29, 0.717) is 23.7 Å². The third-order valence-electron chi connectivity index (χ3n) is 9.04. The van der Waals surface area contributed by atoms with Crippen LogP contribution in [0.2, 0.25) is 0 Å². The molecule has 0 aliphatic rings. The number of para-hydroxylation sites is 2. The lowest BCUT2D eigenvalue weighted by Crippen LogP contribution is -2.10. The monoisotopic (exact) mass is 637 g/mol. The predicted molar refractivity (Wildman–Crippen MR) is 195 cm³/mol. The van der Waals surface area contributed by atoms with Crippen LogP contribution in [-0.2, 0) is 4.74 Å². The van der Waals surface area contributed by atoms with Gasteiger partial charge in [-0.2, -0.15) is 0 Å². The molecule has 1 unspecified atom stereocenters. The number of carbonyl (C=O) groups excluding carboxylic acids is 1. The Labute approximate surface area is 283 Å². The van der Waals surface area contributed by atoms with E-state index in [-0.39, 0.29) is 12.1 Å². The fourth-order valence-corrected chi connectivity index (χ4v) is 5.95. The largest absolute Gasteiger partial charge is 0.490 e. The highest BCUT2D eigenvalue weighted by Crippen LogP contribution is 2.28. The second-order valence-electron chi connectivity index (χ2n) is 13.2. The van der Waals surface area contributed by atoms with Crippen molar-refractivity contribution in [2.24, 2.45) is 0 Å². The van der Waals surface area contributed by atoms with Crippen LogP contribution in [0.1, 0.15) is 190 Å². The minimum absolute atomic E-state index is 0.00266. The van der Waals surface area contributed by atoms with Crippen LogP contribution in [-0.4, -0.2) is 19.2 Å². The van der Waals surface area contributed by atoms with E-state index in [1.807, 2.05) is 42.5 Å². The molecule has 0 radical (unpaired) electrons. The molecule has 0 spiro atoms. The first-order valence-corrected chi connectivity index (χ1v) is 19.3. The Balaban J connectivity index is 1.58. The second kappa shape index (κ2) is 27.8. The lowest BCUT2D eigenvalue weighted by atomic mass is 10.0. The minimum atomic E-state index is -0.373. The maximum atomic E-state index is 12.9. The first kappa shape index (κ1) is 39.8. The maximum Gasteiger partial charge on any atom is 0.343 e. The molecule has 0 bridgehead atoms. The van der Waals surface area contributed by atoms with Gasteiger partial charge in [0.2, 0.25) is 0 Å². The van der Waals surface area contributed by atoms with E-state index in [4.69, 9.17) is 14.2 Å². The Bertz CT molecular complexity index is 985. The van der Waals surface area contributed by atoms with Crippen molar-refractivity contribution in [3.05, 3.63) is 59.7 Å². The predicted octanol–water partition coefficient (Wildman–Crippen LogP) is 13.4. The van der Waals surface area contributed by atoms with Crippen LogP contribution < -0.4 is 9.47 Å². The Morgan fingerprint density at radius 3 is 1.41 bits per heavy atom. The Morgan fingerprint density at radius 1 is 0.522 bits per heavy atom. The summed E-state index contributed by atoms with van der Waals surface area (Å²) in [6.07, 6.45) is 30.5. The van der Waals surface area contributed by atoms with E-state index in [2.05, 4.69) is 20.8 Å². The zero-order chi connectivity index (χ0) is 32.9. The summed E-state index contributed by atoms with van der Waals surface area (Å²) < 4.78 is 17.9. The number of unbranched alkanes of at least 4 members (excludes halogenated alkanes) is 21. The van der Waals surface area contributed by atoms with Gasteiger partial charge in [-0.15, -0.1) is 0 Å². The van der Waals surface area contributed by atoms with Crippen molar-refractivity contribution in [1.29, 1.82) is 0 Å². The number of carbonyl (C=O) groups is 1. The highest BCUT2D eigenvalue weighted by atomic mass is 16.6. The summed E-state index contributed by atoms with van der Waals surface area (Å²) in [6.45, 7) is 8.04.